The molecule has 0 aromatic rings. The number of carbonyl (C=O) groups is 3. The fourth-order valence-electron chi connectivity index (χ4n) is 3.90. The van der Waals surface area contributed by atoms with Crippen LogP contribution in [0.1, 0.15) is 45.4 Å². The van der Waals surface area contributed by atoms with Gasteiger partial charge >= 0.3 is 5.97 Å². The number of hydrogen-bond donors (Lipinski definition) is 1. The van der Waals surface area contributed by atoms with Crippen molar-refractivity contribution in [3.8, 4) is 0 Å². The Bertz CT molecular complexity index is 486. The Balaban J connectivity index is 1.72. The number of amides is 2. The first-order valence-electron chi connectivity index (χ1n) is 7.76. The van der Waals surface area contributed by atoms with E-state index in [4.69, 9.17) is 0 Å². The number of aliphatic carboxylic acids is 1. The van der Waals surface area contributed by atoms with E-state index in [0.29, 0.717) is 19.5 Å². The average Bonchev–Trinajstić information content (AvgIpc) is 3.11. The lowest BCUT2D eigenvalue weighted by molar-refractivity contribution is -0.148. The molecule has 2 saturated heterocycles. The fraction of sp³-hybridized carbons (Fsp3) is 0.800. The molecular weight excluding hydrogens is 272 g/mol. The van der Waals surface area contributed by atoms with E-state index in [1.807, 2.05) is 4.90 Å². The van der Waals surface area contributed by atoms with Crippen LogP contribution >= 0.6 is 0 Å². The van der Waals surface area contributed by atoms with Crippen molar-refractivity contribution in [3.63, 3.8) is 0 Å². The van der Waals surface area contributed by atoms with Gasteiger partial charge in [-0.2, -0.15) is 0 Å². The van der Waals surface area contributed by atoms with Gasteiger partial charge in [-0.15, -0.1) is 0 Å². The Morgan fingerprint density at radius 1 is 1.29 bits per heavy atom. The standard InChI is InChI=1S/C15H22N2O4/c1-15(14(20)21)6-7-16(9-15)11-8-12(18)17(13(11)19)10-4-2-3-5-10/h10-11H,2-9H2,1H3,(H,20,21). The number of carbonyl (C=O) groups excluding carboxylic acids is 2. The Morgan fingerprint density at radius 2 is 1.95 bits per heavy atom. The van der Waals surface area contributed by atoms with Crippen LogP contribution in [0.5, 0.6) is 0 Å². The van der Waals surface area contributed by atoms with Crippen LogP contribution in [0.15, 0.2) is 0 Å². The molecule has 2 unspecified atom stereocenters. The third kappa shape index (κ3) is 2.35. The summed E-state index contributed by atoms with van der Waals surface area (Å²) in [7, 11) is 0. The zero-order chi connectivity index (χ0) is 15.2. The SMILES string of the molecule is CC1(C(=O)O)CCN(C2CC(=O)N(C3CCCC3)C2=O)C1. The highest BCUT2D eigenvalue weighted by Crippen LogP contribution is 2.35. The van der Waals surface area contributed by atoms with Gasteiger partial charge in [0.1, 0.15) is 0 Å². The molecule has 3 rings (SSSR count). The number of carboxylic acid groups (broad SMARTS) is 1. The molecule has 0 aromatic heterocycles. The van der Waals surface area contributed by atoms with Crippen molar-refractivity contribution in [3.05, 3.63) is 0 Å². The summed E-state index contributed by atoms with van der Waals surface area (Å²) in [5.74, 6) is -1.02. The van der Waals surface area contributed by atoms with E-state index in [1.165, 1.54) is 4.90 Å². The molecule has 3 fully saturated rings. The first-order valence-corrected chi connectivity index (χ1v) is 7.76. The summed E-state index contributed by atoms with van der Waals surface area (Å²) < 4.78 is 0. The number of nitrogens with zero attached hydrogens (tertiary/aromatic N) is 2. The van der Waals surface area contributed by atoms with Gasteiger partial charge in [0.15, 0.2) is 0 Å². The van der Waals surface area contributed by atoms with Crippen molar-refractivity contribution in [2.24, 2.45) is 5.41 Å². The summed E-state index contributed by atoms with van der Waals surface area (Å²) in [5.41, 5.74) is -0.801. The Morgan fingerprint density at radius 3 is 2.52 bits per heavy atom. The molecule has 116 valence electrons. The van der Waals surface area contributed by atoms with E-state index >= 15 is 0 Å². The molecule has 0 aromatic carbocycles. The van der Waals surface area contributed by atoms with Gasteiger partial charge in [-0.25, -0.2) is 0 Å². The fourth-order valence-corrected chi connectivity index (χ4v) is 3.90. The first-order chi connectivity index (χ1) is 9.92. The van der Waals surface area contributed by atoms with Crippen LogP contribution in [-0.2, 0) is 14.4 Å². The van der Waals surface area contributed by atoms with Gasteiger partial charge in [-0.05, 0) is 26.2 Å². The molecule has 1 aliphatic carbocycles. The Labute approximate surface area is 124 Å². The van der Waals surface area contributed by atoms with E-state index in [-0.39, 0.29) is 24.3 Å². The minimum atomic E-state index is -0.825. The molecule has 0 bridgehead atoms. The second-order valence-corrected chi connectivity index (χ2v) is 6.85. The lowest BCUT2D eigenvalue weighted by Gasteiger charge is -2.26. The molecular formula is C15H22N2O4. The lowest BCUT2D eigenvalue weighted by Crippen LogP contribution is -2.45. The predicted octanol–water partition coefficient (Wildman–Crippen LogP) is 0.853. The van der Waals surface area contributed by atoms with E-state index < -0.39 is 17.4 Å². The van der Waals surface area contributed by atoms with Crippen LogP contribution in [0.25, 0.3) is 0 Å². The molecule has 0 radical (unpaired) electrons. The molecule has 2 heterocycles. The Kier molecular flexibility index (Phi) is 3.51. The second-order valence-electron chi connectivity index (χ2n) is 6.85. The van der Waals surface area contributed by atoms with Gasteiger partial charge in [0.25, 0.3) is 0 Å². The summed E-state index contributed by atoms with van der Waals surface area (Å²) in [6.07, 6.45) is 4.73. The number of likely N-dealkylation sites (tertiary alicyclic amines) is 2. The number of imide groups is 1. The molecule has 2 atom stereocenters. The molecule has 1 N–H and O–H groups in total. The van der Waals surface area contributed by atoms with Crippen LogP contribution in [0, 0.1) is 5.41 Å². The second kappa shape index (κ2) is 5.09. The molecule has 1 saturated carbocycles. The lowest BCUT2D eigenvalue weighted by atomic mass is 9.90. The van der Waals surface area contributed by atoms with Crippen LogP contribution in [-0.4, -0.2) is 57.9 Å². The Hall–Kier alpha value is -1.43. The normalized spacial score (nSPS) is 35.1. The van der Waals surface area contributed by atoms with Gasteiger partial charge < -0.3 is 5.11 Å². The third-order valence-electron chi connectivity index (χ3n) is 5.31. The van der Waals surface area contributed by atoms with Crippen molar-refractivity contribution in [1.82, 2.24) is 9.80 Å². The minimum Gasteiger partial charge on any atom is -0.481 e. The smallest absolute Gasteiger partial charge is 0.310 e. The molecule has 3 aliphatic rings. The van der Waals surface area contributed by atoms with Crippen LogP contribution in [0.3, 0.4) is 0 Å². The quantitative estimate of drug-likeness (QED) is 0.781. The van der Waals surface area contributed by atoms with Crippen molar-refractivity contribution in [2.45, 2.75) is 57.5 Å². The van der Waals surface area contributed by atoms with Crippen LogP contribution in [0.2, 0.25) is 0 Å². The van der Waals surface area contributed by atoms with Crippen LogP contribution < -0.4 is 0 Å². The van der Waals surface area contributed by atoms with Gasteiger partial charge in [0.05, 0.1) is 17.9 Å². The maximum absolute atomic E-state index is 12.6. The topological polar surface area (TPSA) is 77.9 Å². The highest BCUT2D eigenvalue weighted by Gasteiger charge is 2.50. The molecule has 21 heavy (non-hydrogen) atoms. The maximum Gasteiger partial charge on any atom is 0.310 e. The average molecular weight is 294 g/mol. The highest BCUT2D eigenvalue weighted by molar-refractivity contribution is 6.06. The summed E-state index contributed by atoms with van der Waals surface area (Å²) in [4.78, 5) is 39.5. The predicted molar refractivity (Wildman–Crippen MR) is 74.4 cm³/mol. The summed E-state index contributed by atoms with van der Waals surface area (Å²) in [6.45, 7) is 2.64. The van der Waals surface area contributed by atoms with Crippen LogP contribution in [0.4, 0.5) is 0 Å². The number of carboxylic acids is 1. The summed E-state index contributed by atoms with van der Waals surface area (Å²) >= 11 is 0. The molecule has 0 spiro atoms. The highest BCUT2D eigenvalue weighted by atomic mass is 16.4. The molecule has 2 amide bonds. The van der Waals surface area contributed by atoms with Gasteiger partial charge in [-0.3, -0.25) is 24.2 Å². The number of hydrogen-bond acceptors (Lipinski definition) is 4. The monoisotopic (exact) mass is 294 g/mol. The van der Waals surface area contributed by atoms with Gasteiger partial charge in [0.2, 0.25) is 11.8 Å². The zero-order valence-corrected chi connectivity index (χ0v) is 12.4. The van der Waals surface area contributed by atoms with Crippen molar-refractivity contribution < 1.29 is 19.5 Å². The largest absolute Gasteiger partial charge is 0.481 e. The van der Waals surface area contributed by atoms with E-state index in [9.17, 15) is 19.5 Å². The third-order valence-corrected chi connectivity index (χ3v) is 5.31. The molecule has 2 aliphatic heterocycles. The molecule has 6 heteroatoms. The van der Waals surface area contributed by atoms with Gasteiger partial charge in [0, 0.05) is 19.1 Å². The maximum atomic E-state index is 12.6. The van der Waals surface area contributed by atoms with Crippen molar-refractivity contribution in [1.29, 1.82) is 0 Å². The molecule has 6 nitrogen and oxygen atoms in total. The zero-order valence-electron chi connectivity index (χ0n) is 12.4. The summed E-state index contributed by atoms with van der Waals surface area (Å²) in [5, 5.41) is 9.29. The first kappa shape index (κ1) is 14.5. The summed E-state index contributed by atoms with van der Waals surface area (Å²) in [6, 6.07) is -0.372. The van der Waals surface area contributed by atoms with Gasteiger partial charge in [-0.1, -0.05) is 12.8 Å². The van der Waals surface area contributed by atoms with E-state index in [0.717, 1.165) is 25.7 Å². The van der Waals surface area contributed by atoms with Crippen molar-refractivity contribution in [2.75, 3.05) is 13.1 Å². The van der Waals surface area contributed by atoms with Crippen molar-refractivity contribution >= 4 is 17.8 Å². The minimum absolute atomic E-state index is 0.0726. The van der Waals surface area contributed by atoms with E-state index in [1.54, 1.807) is 6.92 Å². The number of rotatable bonds is 3. The van der Waals surface area contributed by atoms with E-state index in [2.05, 4.69) is 0 Å².